The van der Waals surface area contributed by atoms with E-state index in [1.807, 2.05) is 71.3 Å². The fourth-order valence-electron chi connectivity index (χ4n) is 3.60. The molecule has 5 nitrogen and oxygen atoms in total. The fraction of sp³-hybridized carbons (Fsp3) is 0.125. The molecule has 0 saturated heterocycles. The summed E-state index contributed by atoms with van der Waals surface area (Å²) in [5.41, 5.74) is 4.23. The Kier molecular flexibility index (Phi) is 4.96. The second-order valence-electron chi connectivity index (χ2n) is 6.80. The van der Waals surface area contributed by atoms with Gasteiger partial charge >= 0.3 is 5.97 Å². The maximum atomic E-state index is 12.4. The minimum Gasteiger partial charge on any atom is -0.465 e. The number of Topliss-reactive ketones (excluding diaryl/α,β-unsaturated/α-hetero) is 1. The number of carbonyl (C=O) groups is 2. The molecule has 0 N–H and O–H groups in total. The number of methoxy groups -OCH3 is 1. The molecule has 29 heavy (non-hydrogen) atoms. The summed E-state index contributed by atoms with van der Waals surface area (Å²) in [7, 11) is 1.35. The second kappa shape index (κ2) is 7.72. The zero-order valence-electron chi connectivity index (χ0n) is 16.3. The number of fused-ring (bicyclic) bond motifs is 1. The molecule has 0 spiro atoms. The summed E-state index contributed by atoms with van der Waals surface area (Å²) in [6.45, 7) is 2.05. The molecule has 0 unspecified atom stereocenters. The summed E-state index contributed by atoms with van der Waals surface area (Å²) in [5.74, 6) is -0.518. The first-order valence-corrected chi connectivity index (χ1v) is 9.31. The Labute approximate surface area is 168 Å². The summed E-state index contributed by atoms with van der Waals surface area (Å²) < 4.78 is 6.88. The van der Waals surface area contributed by atoms with Crippen molar-refractivity contribution >= 4 is 22.8 Å². The number of rotatable bonds is 5. The van der Waals surface area contributed by atoms with E-state index < -0.39 is 5.97 Å². The molecule has 2 heterocycles. The molecular weight excluding hydrogens is 364 g/mol. The van der Waals surface area contributed by atoms with Gasteiger partial charge in [-0.25, -0.2) is 9.78 Å². The maximum Gasteiger partial charge on any atom is 0.340 e. The highest BCUT2D eigenvalue weighted by molar-refractivity contribution is 6.09. The lowest BCUT2D eigenvalue weighted by Crippen LogP contribution is -2.09. The third-order valence-corrected chi connectivity index (χ3v) is 4.94. The van der Waals surface area contributed by atoms with E-state index >= 15 is 0 Å². The molecule has 5 heteroatoms. The SMILES string of the molecule is COC(=O)c1cnc2c(cc(C(C)=O)n2Cc2ccccc2)c1-c1ccccc1. The topological polar surface area (TPSA) is 61.2 Å². The van der Waals surface area contributed by atoms with Gasteiger partial charge < -0.3 is 9.30 Å². The quantitative estimate of drug-likeness (QED) is 0.368. The Bertz CT molecular complexity index is 1200. The van der Waals surface area contributed by atoms with Crippen molar-refractivity contribution in [3.63, 3.8) is 0 Å². The molecule has 2 aromatic carbocycles. The Morgan fingerprint density at radius 3 is 2.28 bits per heavy atom. The van der Waals surface area contributed by atoms with Crippen LogP contribution in [0.4, 0.5) is 0 Å². The van der Waals surface area contributed by atoms with Crippen molar-refractivity contribution in [1.29, 1.82) is 0 Å². The first-order chi connectivity index (χ1) is 14.1. The van der Waals surface area contributed by atoms with E-state index in [1.54, 1.807) is 6.92 Å². The number of nitrogens with zero attached hydrogens (tertiary/aromatic N) is 2. The molecule has 4 rings (SSSR count). The summed E-state index contributed by atoms with van der Waals surface area (Å²) >= 11 is 0. The van der Waals surface area contributed by atoms with Gasteiger partial charge in [-0.1, -0.05) is 60.7 Å². The Morgan fingerprint density at radius 2 is 1.66 bits per heavy atom. The lowest BCUT2D eigenvalue weighted by atomic mass is 9.98. The van der Waals surface area contributed by atoms with Crippen LogP contribution in [0.15, 0.2) is 72.9 Å². The van der Waals surface area contributed by atoms with Crippen molar-refractivity contribution in [3.05, 3.63) is 89.7 Å². The molecular formula is C24H20N2O3. The monoisotopic (exact) mass is 384 g/mol. The fourth-order valence-corrected chi connectivity index (χ4v) is 3.60. The Hall–Kier alpha value is -3.73. The van der Waals surface area contributed by atoms with Crippen LogP contribution in [-0.2, 0) is 11.3 Å². The molecule has 0 radical (unpaired) electrons. The summed E-state index contributed by atoms with van der Waals surface area (Å²) in [6.07, 6.45) is 1.53. The van der Waals surface area contributed by atoms with Crippen molar-refractivity contribution in [2.24, 2.45) is 0 Å². The zero-order valence-corrected chi connectivity index (χ0v) is 16.3. The number of ether oxygens (including phenoxy) is 1. The zero-order chi connectivity index (χ0) is 20.4. The molecule has 144 valence electrons. The highest BCUT2D eigenvalue weighted by atomic mass is 16.5. The number of esters is 1. The minimum atomic E-state index is -0.460. The lowest BCUT2D eigenvalue weighted by molar-refractivity contribution is 0.0601. The molecule has 0 fully saturated rings. The van der Waals surface area contributed by atoms with Crippen LogP contribution in [0.3, 0.4) is 0 Å². The molecule has 0 atom stereocenters. The predicted octanol–water partition coefficient (Wildman–Crippen LogP) is 4.74. The van der Waals surface area contributed by atoms with E-state index in [-0.39, 0.29) is 5.78 Å². The maximum absolute atomic E-state index is 12.4. The van der Waals surface area contributed by atoms with Crippen molar-refractivity contribution in [3.8, 4) is 11.1 Å². The molecule has 0 aliphatic heterocycles. The van der Waals surface area contributed by atoms with E-state index in [1.165, 1.54) is 13.3 Å². The van der Waals surface area contributed by atoms with E-state index in [0.29, 0.717) is 23.4 Å². The van der Waals surface area contributed by atoms with Gasteiger partial charge in [0.25, 0.3) is 0 Å². The van der Waals surface area contributed by atoms with Crippen molar-refractivity contribution in [2.75, 3.05) is 7.11 Å². The first kappa shape index (κ1) is 18.6. The third kappa shape index (κ3) is 3.43. The van der Waals surface area contributed by atoms with Gasteiger partial charge in [-0.15, -0.1) is 0 Å². The molecule has 0 saturated carbocycles. The second-order valence-corrected chi connectivity index (χ2v) is 6.80. The smallest absolute Gasteiger partial charge is 0.340 e. The number of benzene rings is 2. The average Bonchev–Trinajstić information content (AvgIpc) is 3.12. The highest BCUT2D eigenvalue weighted by Gasteiger charge is 2.22. The van der Waals surface area contributed by atoms with E-state index in [2.05, 4.69) is 4.98 Å². The number of aromatic nitrogens is 2. The average molecular weight is 384 g/mol. The number of hydrogen-bond donors (Lipinski definition) is 0. The van der Waals surface area contributed by atoms with Gasteiger partial charge in [-0.2, -0.15) is 0 Å². The van der Waals surface area contributed by atoms with Crippen LogP contribution < -0.4 is 0 Å². The standard InChI is InChI=1S/C24H20N2O3/c1-16(27)21-13-19-22(18-11-7-4-8-12-18)20(24(28)29-2)14-25-23(19)26(21)15-17-9-5-3-6-10-17/h3-14H,15H2,1-2H3. The van der Waals surface area contributed by atoms with E-state index in [9.17, 15) is 9.59 Å². The van der Waals surface area contributed by atoms with Crippen LogP contribution >= 0.6 is 0 Å². The molecule has 4 aromatic rings. The summed E-state index contributed by atoms with van der Waals surface area (Å²) in [5, 5.41) is 0.750. The number of ketones is 1. The minimum absolute atomic E-state index is 0.0578. The van der Waals surface area contributed by atoms with Crippen LogP contribution in [0.25, 0.3) is 22.2 Å². The van der Waals surface area contributed by atoms with Crippen molar-refractivity contribution in [1.82, 2.24) is 9.55 Å². The van der Waals surface area contributed by atoms with Gasteiger partial charge in [0.05, 0.1) is 18.4 Å². The Morgan fingerprint density at radius 1 is 1.00 bits per heavy atom. The number of carbonyl (C=O) groups excluding carboxylic acids is 2. The van der Waals surface area contributed by atoms with Crippen LogP contribution in [0, 0.1) is 0 Å². The first-order valence-electron chi connectivity index (χ1n) is 9.31. The molecule has 0 aliphatic carbocycles. The van der Waals surface area contributed by atoms with Crippen LogP contribution in [0.5, 0.6) is 0 Å². The highest BCUT2D eigenvalue weighted by Crippen LogP contribution is 2.34. The molecule has 0 aliphatic rings. The van der Waals surface area contributed by atoms with Gasteiger partial charge in [-0.3, -0.25) is 4.79 Å². The molecule has 0 bridgehead atoms. The van der Waals surface area contributed by atoms with Gasteiger partial charge in [0.15, 0.2) is 5.78 Å². The Balaban J connectivity index is 2.02. The van der Waals surface area contributed by atoms with E-state index in [0.717, 1.165) is 22.1 Å². The largest absolute Gasteiger partial charge is 0.465 e. The summed E-state index contributed by atoms with van der Waals surface area (Å²) in [4.78, 5) is 29.4. The third-order valence-electron chi connectivity index (χ3n) is 4.94. The lowest BCUT2D eigenvalue weighted by Gasteiger charge is -2.12. The van der Waals surface area contributed by atoms with E-state index in [4.69, 9.17) is 4.74 Å². The van der Waals surface area contributed by atoms with Gasteiger partial charge in [-0.05, 0) is 17.2 Å². The number of hydrogen-bond acceptors (Lipinski definition) is 4. The molecule has 0 amide bonds. The molecule has 2 aromatic heterocycles. The van der Waals surface area contributed by atoms with Crippen LogP contribution in [-0.4, -0.2) is 28.4 Å². The van der Waals surface area contributed by atoms with Crippen LogP contribution in [0.1, 0.15) is 33.3 Å². The van der Waals surface area contributed by atoms with Crippen LogP contribution in [0.2, 0.25) is 0 Å². The van der Waals surface area contributed by atoms with Crippen molar-refractivity contribution in [2.45, 2.75) is 13.5 Å². The summed E-state index contributed by atoms with van der Waals surface area (Å²) in [6, 6.07) is 21.3. The van der Waals surface area contributed by atoms with Gasteiger partial charge in [0.1, 0.15) is 5.65 Å². The van der Waals surface area contributed by atoms with Crippen molar-refractivity contribution < 1.29 is 14.3 Å². The van der Waals surface area contributed by atoms with Gasteiger partial charge in [0.2, 0.25) is 0 Å². The normalized spacial score (nSPS) is 10.8. The number of pyridine rings is 1. The van der Waals surface area contributed by atoms with Gasteiger partial charge in [0, 0.05) is 30.6 Å². The predicted molar refractivity (Wildman–Crippen MR) is 112 cm³/mol.